The van der Waals surface area contributed by atoms with Gasteiger partial charge in [-0.05, 0) is 25.3 Å². The molecule has 2 aromatic heterocycles. The Morgan fingerprint density at radius 1 is 1.25 bits per heavy atom. The molecule has 0 aliphatic carbocycles. The summed E-state index contributed by atoms with van der Waals surface area (Å²) in [7, 11) is 1.78. The molecule has 0 fully saturated rings. The van der Waals surface area contributed by atoms with E-state index < -0.39 is 0 Å². The number of nitrogens with zero attached hydrogens (tertiary/aromatic N) is 4. The van der Waals surface area contributed by atoms with Crippen molar-refractivity contribution in [2.45, 2.75) is 20.5 Å². The maximum Gasteiger partial charge on any atom is 0.323 e. The van der Waals surface area contributed by atoms with Gasteiger partial charge in [-0.3, -0.25) is 0 Å². The van der Waals surface area contributed by atoms with Crippen LogP contribution < -0.4 is 15.0 Å². The molecule has 108 valence electrons. The van der Waals surface area contributed by atoms with Gasteiger partial charge in [-0.1, -0.05) is 6.07 Å². The number of hydrogen-bond acceptors (Lipinski definition) is 7. The third-order valence-corrected chi connectivity index (χ3v) is 3.65. The summed E-state index contributed by atoms with van der Waals surface area (Å²) in [5.41, 5.74) is 0. The molecule has 0 aliphatic heterocycles. The summed E-state index contributed by atoms with van der Waals surface area (Å²) in [5, 5.41) is 4.96. The lowest BCUT2D eigenvalue weighted by Gasteiger charge is -2.19. The van der Waals surface area contributed by atoms with Gasteiger partial charge in [0.2, 0.25) is 11.9 Å². The van der Waals surface area contributed by atoms with Crippen LogP contribution in [0.15, 0.2) is 17.5 Å². The van der Waals surface area contributed by atoms with Crippen molar-refractivity contribution in [3.8, 4) is 6.01 Å². The summed E-state index contributed by atoms with van der Waals surface area (Å²) in [6.07, 6.45) is 0. The number of nitrogens with one attached hydrogen (secondary N) is 1. The van der Waals surface area contributed by atoms with Gasteiger partial charge in [-0.15, -0.1) is 11.3 Å². The van der Waals surface area contributed by atoms with Crippen LogP contribution in [0.1, 0.15) is 18.7 Å². The Balaban J connectivity index is 2.16. The van der Waals surface area contributed by atoms with Gasteiger partial charge in [0.1, 0.15) is 6.61 Å². The molecule has 2 aromatic rings. The van der Waals surface area contributed by atoms with Crippen molar-refractivity contribution in [2.75, 3.05) is 30.4 Å². The summed E-state index contributed by atoms with van der Waals surface area (Å²) in [6, 6.07) is 4.37. The van der Waals surface area contributed by atoms with Crippen LogP contribution in [-0.2, 0) is 6.61 Å². The summed E-state index contributed by atoms with van der Waals surface area (Å²) >= 11 is 1.65. The second-order valence-electron chi connectivity index (χ2n) is 4.03. The van der Waals surface area contributed by atoms with E-state index in [0.29, 0.717) is 24.5 Å². The molecular weight excluding hydrogens is 274 g/mol. The summed E-state index contributed by atoms with van der Waals surface area (Å²) in [6.45, 7) is 6.29. The first-order chi connectivity index (χ1) is 9.76. The van der Waals surface area contributed by atoms with Gasteiger partial charge in [-0.25, -0.2) is 0 Å². The molecule has 0 bridgehead atoms. The van der Waals surface area contributed by atoms with Gasteiger partial charge in [0.05, 0.1) is 0 Å². The monoisotopic (exact) mass is 293 g/mol. The molecule has 0 spiro atoms. The van der Waals surface area contributed by atoms with Gasteiger partial charge >= 0.3 is 6.01 Å². The Kier molecular flexibility index (Phi) is 5.11. The largest absolute Gasteiger partial charge is 0.458 e. The first kappa shape index (κ1) is 14.5. The average molecular weight is 293 g/mol. The number of anilines is 2. The lowest BCUT2D eigenvalue weighted by Crippen LogP contribution is -2.25. The van der Waals surface area contributed by atoms with E-state index in [9.17, 15) is 0 Å². The van der Waals surface area contributed by atoms with Crippen LogP contribution in [0.4, 0.5) is 11.9 Å². The Morgan fingerprint density at radius 3 is 2.65 bits per heavy atom. The van der Waals surface area contributed by atoms with Crippen LogP contribution in [0.2, 0.25) is 0 Å². The molecular formula is C13H19N5OS. The van der Waals surface area contributed by atoms with Crippen LogP contribution in [0, 0.1) is 0 Å². The molecule has 1 N–H and O–H groups in total. The second-order valence-corrected chi connectivity index (χ2v) is 5.06. The molecule has 0 aromatic carbocycles. The van der Waals surface area contributed by atoms with Crippen molar-refractivity contribution in [3.63, 3.8) is 0 Å². The zero-order chi connectivity index (χ0) is 14.4. The van der Waals surface area contributed by atoms with Crippen LogP contribution in [0.3, 0.4) is 0 Å². The fourth-order valence-corrected chi connectivity index (χ4v) is 2.32. The fourth-order valence-electron chi connectivity index (χ4n) is 1.70. The smallest absolute Gasteiger partial charge is 0.323 e. The first-order valence-corrected chi connectivity index (χ1v) is 7.48. The predicted octanol–water partition coefficient (Wildman–Crippen LogP) is 2.40. The Labute approximate surface area is 122 Å². The molecule has 0 unspecified atom stereocenters. The van der Waals surface area contributed by atoms with Crippen LogP contribution in [0.5, 0.6) is 6.01 Å². The Bertz CT molecular complexity index is 528. The van der Waals surface area contributed by atoms with E-state index in [-0.39, 0.29) is 0 Å². The van der Waals surface area contributed by atoms with Crippen molar-refractivity contribution in [1.82, 2.24) is 15.0 Å². The molecule has 0 saturated carbocycles. The molecule has 6 nitrogen and oxygen atoms in total. The van der Waals surface area contributed by atoms with E-state index in [0.717, 1.165) is 18.0 Å². The third kappa shape index (κ3) is 3.57. The van der Waals surface area contributed by atoms with Gasteiger partial charge in [-0.2, -0.15) is 15.0 Å². The minimum atomic E-state index is 0.347. The molecule has 2 heterocycles. The van der Waals surface area contributed by atoms with Crippen LogP contribution >= 0.6 is 11.3 Å². The maximum absolute atomic E-state index is 5.65. The van der Waals surface area contributed by atoms with E-state index in [4.69, 9.17) is 4.74 Å². The van der Waals surface area contributed by atoms with E-state index in [1.54, 1.807) is 18.4 Å². The lowest BCUT2D eigenvalue weighted by molar-refractivity contribution is 0.283. The quantitative estimate of drug-likeness (QED) is 0.845. The lowest BCUT2D eigenvalue weighted by atomic mass is 10.5. The molecule has 0 saturated heterocycles. The van der Waals surface area contributed by atoms with E-state index in [1.165, 1.54) is 0 Å². The van der Waals surface area contributed by atoms with E-state index in [1.807, 2.05) is 17.5 Å². The number of hydrogen-bond donors (Lipinski definition) is 1. The molecule has 2 rings (SSSR count). The fraction of sp³-hybridized carbons (Fsp3) is 0.462. The maximum atomic E-state index is 5.65. The summed E-state index contributed by atoms with van der Waals surface area (Å²) in [5.74, 6) is 1.15. The average Bonchev–Trinajstić information content (AvgIpc) is 2.99. The highest BCUT2D eigenvalue weighted by Crippen LogP contribution is 2.17. The minimum Gasteiger partial charge on any atom is -0.458 e. The van der Waals surface area contributed by atoms with Gasteiger partial charge < -0.3 is 15.0 Å². The van der Waals surface area contributed by atoms with Gasteiger partial charge in [0, 0.05) is 25.0 Å². The van der Waals surface area contributed by atoms with Crippen molar-refractivity contribution in [3.05, 3.63) is 22.4 Å². The van der Waals surface area contributed by atoms with Gasteiger partial charge in [0.25, 0.3) is 0 Å². The Morgan fingerprint density at radius 2 is 2.05 bits per heavy atom. The third-order valence-electron chi connectivity index (χ3n) is 2.80. The zero-order valence-electron chi connectivity index (χ0n) is 12.0. The molecule has 0 aliphatic rings. The van der Waals surface area contributed by atoms with E-state index >= 15 is 0 Å². The molecule has 0 amide bonds. The highest BCUT2D eigenvalue weighted by Gasteiger charge is 2.11. The zero-order valence-corrected chi connectivity index (χ0v) is 12.8. The van der Waals surface area contributed by atoms with E-state index in [2.05, 4.69) is 39.0 Å². The number of aromatic nitrogens is 3. The Hall–Kier alpha value is -1.89. The van der Waals surface area contributed by atoms with Crippen molar-refractivity contribution >= 4 is 23.2 Å². The number of ether oxygens (including phenoxy) is 1. The SMILES string of the molecule is CCN(CC)c1nc(NC)nc(OCc2cccs2)n1. The van der Waals surface area contributed by atoms with Crippen LogP contribution in [-0.4, -0.2) is 35.1 Å². The van der Waals surface area contributed by atoms with Gasteiger partial charge in [0.15, 0.2) is 0 Å². The molecule has 20 heavy (non-hydrogen) atoms. The number of rotatable bonds is 7. The first-order valence-electron chi connectivity index (χ1n) is 6.60. The van der Waals surface area contributed by atoms with Crippen molar-refractivity contribution in [1.29, 1.82) is 0 Å². The predicted molar refractivity (Wildman–Crippen MR) is 81.6 cm³/mol. The molecule has 0 radical (unpaired) electrons. The van der Waals surface area contributed by atoms with Crippen LogP contribution in [0.25, 0.3) is 0 Å². The standard InChI is InChI=1S/C13H19N5OS/c1-4-18(5-2)12-15-11(14-3)16-13(17-12)19-9-10-7-6-8-20-10/h6-8H,4-5,9H2,1-3H3,(H,14,15,16,17). The minimum absolute atomic E-state index is 0.347. The molecule has 0 atom stereocenters. The van der Waals surface area contributed by atoms with Crippen molar-refractivity contribution < 1.29 is 4.74 Å². The topological polar surface area (TPSA) is 63.2 Å². The molecule has 7 heteroatoms. The second kappa shape index (κ2) is 7.04. The highest BCUT2D eigenvalue weighted by atomic mass is 32.1. The summed E-state index contributed by atoms with van der Waals surface area (Å²) in [4.78, 5) is 16.1. The number of thiophene rings is 1. The normalized spacial score (nSPS) is 10.3. The highest BCUT2D eigenvalue weighted by molar-refractivity contribution is 7.09. The summed E-state index contributed by atoms with van der Waals surface area (Å²) < 4.78 is 5.65. The van der Waals surface area contributed by atoms with Crippen molar-refractivity contribution in [2.24, 2.45) is 0 Å².